The summed E-state index contributed by atoms with van der Waals surface area (Å²) in [5.41, 5.74) is 0. The Morgan fingerprint density at radius 2 is 0.773 bits per heavy atom. The van der Waals surface area contributed by atoms with Crippen LogP contribution in [0, 0.1) is 0 Å². The van der Waals surface area contributed by atoms with Crippen molar-refractivity contribution < 1.29 is 68.1 Å². The van der Waals surface area contributed by atoms with Crippen molar-refractivity contribution in [2.45, 2.75) is 213 Å². The lowest BCUT2D eigenvalue weighted by atomic mass is 10.1. The summed E-state index contributed by atoms with van der Waals surface area (Å²) in [5, 5.41) is 43.4. The van der Waals surface area contributed by atoms with E-state index in [1.54, 1.807) is 0 Å². The molecule has 1 heterocycles. The van der Waals surface area contributed by atoms with E-state index in [1.807, 2.05) is 68.0 Å². The van der Waals surface area contributed by atoms with E-state index in [9.17, 15) is 44.4 Å². The fourth-order valence-electron chi connectivity index (χ4n) is 8.65. The van der Waals surface area contributed by atoms with Gasteiger partial charge in [0.25, 0.3) is 0 Å². The van der Waals surface area contributed by atoms with Crippen LogP contribution in [0.3, 0.4) is 0 Å². The molecule has 440 valence electrons. The maximum absolute atomic E-state index is 12.8. The van der Waals surface area contributed by atoms with Crippen LogP contribution < -0.4 is 0 Å². The van der Waals surface area contributed by atoms with Gasteiger partial charge in [-0.2, -0.15) is 0 Å². The van der Waals surface area contributed by atoms with Crippen molar-refractivity contribution in [3.63, 3.8) is 0 Å². The molecule has 4 N–H and O–H groups in total. The van der Waals surface area contributed by atoms with Gasteiger partial charge in [-0.25, -0.2) is 0 Å². The first-order chi connectivity index (χ1) is 36.1. The lowest BCUT2D eigenvalue weighted by molar-refractivity contribution is -0.150. The molecule has 0 aromatic heterocycles. The first-order valence-electron chi connectivity index (χ1n) is 28.9. The zero-order chi connectivity index (χ0) is 55.5. The zero-order valence-corrected chi connectivity index (χ0v) is 48.9. The molecule has 18 nitrogen and oxygen atoms in total. The molecule has 4 unspecified atom stereocenters. The molecule has 1 aliphatic heterocycles. The lowest BCUT2D eigenvalue weighted by Crippen LogP contribution is -2.47. The molecule has 1 aliphatic rings. The molecule has 0 aromatic rings. The van der Waals surface area contributed by atoms with Gasteiger partial charge in [0, 0.05) is 109 Å². The van der Waals surface area contributed by atoms with E-state index < -0.39 is 24.4 Å². The summed E-state index contributed by atoms with van der Waals surface area (Å²) in [4.78, 5) is 70.0. The van der Waals surface area contributed by atoms with E-state index in [1.165, 1.54) is 0 Å². The Bertz CT molecular complexity index is 1390. The van der Waals surface area contributed by atoms with E-state index >= 15 is 0 Å². The van der Waals surface area contributed by atoms with Crippen molar-refractivity contribution in [2.24, 2.45) is 0 Å². The highest BCUT2D eigenvalue weighted by atomic mass is 33.1. The molecular formula is C55H104N4O14S2. The highest BCUT2D eigenvalue weighted by Gasteiger charge is 2.22. The predicted molar refractivity (Wildman–Crippen MR) is 298 cm³/mol. The van der Waals surface area contributed by atoms with Gasteiger partial charge in [-0.3, -0.25) is 43.6 Å². The van der Waals surface area contributed by atoms with Crippen molar-refractivity contribution in [2.75, 3.05) is 110 Å². The van der Waals surface area contributed by atoms with Gasteiger partial charge in [0.2, 0.25) is 0 Å². The second kappa shape index (κ2) is 46.6. The topological polar surface area (TPSA) is 225 Å². The number of nitrogens with zero attached hydrogens (tertiary/aromatic N) is 4. The van der Waals surface area contributed by atoms with Crippen molar-refractivity contribution in [1.82, 2.24) is 19.6 Å². The van der Waals surface area contributed by atoms with Crippen LogP contribution in [-0.2, 0) is 47.7 Å². The van der Waals surface area contributed by atoms with Crippen LogP contribution in [0.1, 0.15) is 176 Å². The standard InChI is InChI=1S/C55H104N4O14S2/c1-7-36-69-51(64)23-13-19-45(60)43-59(44-46(61)20-14-24-52(65)70-37-8-2)29-18-39-74-75-40-35-57-32-30-56(31-33-57)34-38-71-53(66)27-17-28-58(41-47(62)21-15-25-54(67)72-49(9-3)10-4)42-48(63)22-16-26-55(68)73-50(11-5)12-6/h45-50,60-63H,7-44H2,1-6H3. The Hall–Kier alpha value is -2.27. The van der Waals surface area contributed by atoms with Gasteiger partial charge in [0.05, 0.1) is 37.6 Å². The SMILES string of the molecule is CCCOC(=O)CCCC(O)CN(CCCSSCCN1CCN(CCOC(=O)CCCN(CC(O)CCCC(=O)OC(CC)CC)CC(O)CCCC(=O)OC(CC)CC)CC1)CC(O)CCCC(=O)OCCC. The molecule has 0 aliphatic carbocycles. The minimum absolute atomic E-state index is 0.0938. The Labute approximate surface area is 460 Å². The number of hydrogen-bond donors (Lipinski definition) is 4. The van der Waals surface area contributed by atoms with Crippen LogP contribution in [0.15, 0.2) is 0 Å². The second-order valence-electron chi connectivity index (χ2n) is 20.0. The average molecular weight is 1110 g/mol. The Kier molecular flexibility index (Phi) is 44.0. The van der Waals surface area contributed by atoms with E-state index in [0.29, 0.717) is 110 Å². The summed E-state index contributed by atoms with van der Waals surface area (Å²) >= 11 is 0. The minimum Gasteiger partial charge on any atom is -0.466 e. The first kappa shape index (κ1) is 70.7. The van der Waals surface area contributed by atoms with E-state index in [-0.39, 0.29) is 87.2 Å². The van der Waals surface area contributed by atoms with E-state index in [2.05, 4.69) is 14.7 Å². The molecule has 0 spiro atoms. The Morgan fingerprint density at radius 3 is 1.16 bits per heavy atom. The summed E-state index contributed by atoms with van der Waals surface area (Å²) in [6, 6.07) is 0. The predicted octanol–water partition coefficient (Wildman–Crippen LogP) is 6.80. The van der Waals surface area contributed by atoms with Crippen molar-refractivity contribution in [1.29, 1.82) is 0 Å². The maximum Gasteiger partial charge on any atom is 0.306 e. The van der Waals surface area contributed by atoms with Crippen molar-refractivity contribution in [3.8, 4) is 0 Å². The highest BCUT2D eigenvalue weighted by Crippen LogP contribution is 2.23. The number of rotatable bonds is 49. The molecule has 0 amide bonds. The normalized spacial score (nSPS) is 15.1. The summed E-state index contributed by atoms with van der Waals surface area (Å²) in [5.74, 6) is 0.618. The third kappa shape index (κ3) is 39.7. The maximum atomic E-state index is 12.8. The summed E-state index contributed by atoms with van der Waals surface area (Å²) in [6.45, 7) is 20.8. The van der Waals surface area contributed by atoms with Gasteiger partial charge in [-0.15, -0.1) is 0 Å². The number of esters is 5. The largest absolute Gasteiger partial charge is 0.466 e. The van der Waals surface area contributed by atoms with Crippen LogP contribution in [-0.4, -0.2) is 216 Å². The van der Waals surface area contributed by atoms with Crippen molar-refractivity contribution in [3.05, 3.63) is 0 Å². The van der Waals surface area contributed by atoms with Gasteiger partial charge in [-0.05, 0) is 116 Å². The molecule has 1 fully saturated rings. The molecule has 1 rings (SSSR count). The molecule has 1 saturated heterocycles. The summed E-state index contributed by atoms with van der Waals surface area (Å²) in [6.07, 6.45) is 8.04. The third-order valence-corrected chi connectivity index (χ3v) is 15.6. The molecule has 4 atom stereocenters. The first-order valence-corrected chi connectivity index (χ1v) is 31.3. The van der Waals surface area contributed by atoms with Crippen LogP contribution in [0.5, 0.6) is 0 Å². The van der Waals surface area contributed by atoms with Gasteiger partial charge >= 0.3 is 29.8 Å². The molecular weight excluding hydrogens is 1000 g/mol. The summed E-state index contributed by atoms with van der Waals surface area (Å²) < 4.78 is 26.9. The molecule has 0 aromatic carbocycles. The zero-order valence-electron chi connectivity index (χ0n) is 47.3. The van der Waals surface area contributed by atoms with Crippen molar-refractivity contribution >= 4 is 51.4 Å². The number of carbonyl (C=O) groups is 5. The van der Waals surface area contributed by atoms with Crippen LogP contribution >= 0.6 is 21.6 Å². The monoisotopic (exact) mass is 1110 g/mol. The quantitative estimate of drug-likeness (QED) is 0.0213. The molecule has 20 heteroatoms. The minimum atomic E-state index is -0.729. The van der Waals surface area contributed by atoms with E-state index in [0.717, 1.165) is 89.2 Å². The fraction of sp³-hybridized carbons (Fsp3) is 0.909. The Morgan fingerprint density at radius 1 is 0.440 bits per heavy atom. The lowest BCUT2D eigenvalue weighted by Gasteiger charge is -2.34. The third-order valence-electron chi connectivity index (χ3n) is 13.2. The van der Waals surface area contributed by atoms with Crippen LogP contribution in [0.25, 0.3) is 0 Å². The molecule has 0 radical (unpaired) electrons. The van der Waals surface area contributed by atoms with Gasteiger partial charge < -0.3 is 44.1 Å². The average Bonchev–Trinajstić information content (AvgIpc) is 3.38. The summed E-state index contributed by atoms with van der Waals surface area (Å²) in [7, 11) is 3.68. The number of aliphatic hydroxyl groups excluding tert-OH is 4. The Balaban J connectivity index is 2.46. The number of piperazine rings is 1. The number of carbonyl (C=O) groups excluding carboxylic acids is 5. The molecule has 75 heavy (non-hydrogen) atoms. The van der Waals surface area contributed by atoms with Gasteiger partial charge in [-0.1, -0.05) is 63.1 Å². The van der Waals surface area contributed by atoms with Crippen LogP contribution in [0.2, 0.25) is 0 Å². The molecule has 0 saturated carbocycles. The number of ether oxygens (including phenoxy) is 5. The number of hydrogen-bond acceptors (Lipinski definition) is 20. The highest BCUT2D eigenvalue weighted by molar-refractivity contribution is 8.76. The number of aliphatic hydroxyl groups is 4. The molecule has 0 bridgehead atoms. The van der Waals surface area contributed by atoms with E-state index in [4.69, 9.17) is 23.7 Å². The van der Waals surface area contributed by atoms with Gasteiger partial charge in [0.1, 0.15) is 18.8 Å². The second-order valence-corrected chi connectivity index (χ2v) is 22.7. The fourth-order valence-corrected chi connectivity index (χ4v) is 10.8. The van der Waals surface area contributed by atoms with Crippen LogP contribution in [0.4, 0.5) is 0 Å². The van der Waals surface area contributed by atoms with Gasteiger partial charge in [0.15, 0.2) is 0 Å². The smallest absolute Gasteiger partial charge is 0.306 e.